The minimum absolute atomic E-state index is 0.00504. The molecule has 1 saturated heterocycles. The predicted octanol–water partition coefficient (Wildman–Crippen LogP) is 1.53. The minimum atomic E-state index is 0.00504. The van der Waals surface area contributed by atoms with Gasteiger partial charge in [-0.25, -0.2) is 4.98 Å². The van der Waals surface area contributed by atoms with E-state index < -0.39 is 0 Å². The first-order chi connectivity index (χ1) is 6.68. The summed E-state index contributed by atoms with van der Waals surface area (Å²) in [6, 6.07) is 0. The first kappa shape index (κ1) is 9.45. The Morgan fingerprint density at radius 2 is 2.14 bits per heavy atom. The monoisotopic (exact) mass is 211 g/mol. The zero-order chi connectivity index (χ0) is 10.1. The lowest BCUT2D eigenvalue weighted by Gasteiger charge is -2.11. The summed E-state index contributed by atoms with van der Waals surface area (Å²) in [5.74, 6) is 0.384. The van der Waals surface area contributed by atoms with E-state index in [0.29, 0.717) is 10.7 Å². The molecule has 76 valence electrons. The zero-order valence-electron chi connectivity index (χ0n) is 8.12. The van der Waals surface area contributed by atoms with Crippen LogP contribution in [0.5, 0.6) is 0 Å². The van der Waals surface area contributed by atoms with Gasteiger partial charge in [0, 0.05) is 20.0 Å². The van der Waals surface area contributed by atoms with Crippen LogP contribution in [-0.4, -0.2) is 23.9 Å². The van der Waals surface area contributed by atoms with Crippen molar-refractivity contribution in [2.45, 2.75) is 19.8 Å². The van der Waals surface area contributed by atoms with Crippen molar-refractivity contribution in [3.63, 3.8) is 0 Å². The molecule has 1 aliphatic heterocycles. The summed E-state index contributed by atoms with van der Waals surface area (Å²) in [6.45, 7) is 3.59. The molecule has 0 saturated carbocycles. The fraction of sp³-hybridized carbons (Fsp3) is 0.556. The van der Waals surface area contributed by atoms with Crippen molar-refractivity contribution in [3.8, 4) is 0 Å². The number of carbonyl (C=O) groups is 1. The Morgan fingerprint density at radius 3 is 2.64 bits per heavy atom. The van der Waals surface area contributed by atoms with Gasteiger partial charge < -0.3 is 10.6 Å². The molecule has 1 aromatic rings. The summed E-state index contributed by atoms with van der Waals surface area (Å²) in [4.78, 5) is 18.2. The SMILES string of the molecule is CC(=O)c1sc(N2CCCC2)nc1N. The maximum Gasteiger partial charge on any atom is 0.188 e. The third-order valence-corrected chi connectivity index (χ3v) is 3.57. The number of nitrogens with two attached hydrogens (primary N) is 1. The van der Waals surface area contributed by atoms with Gasteiger partial charge in [0.15, 0.2) is 10.9 Å². The van der Waals surface area contributed by atoms with Crippen LogP contribution in [0, 0.1) is 0 Å². The Kier molecular flexibility index (Phi) is 2.41. The maximum absolute atomic E-state index is 11.2. The van der Waals surface area contributed by atoms with E-state index in [0.717, 1.165) is 18.2 Å². The predicted molar refractivity (Wildman–Crippen MR) is 58.0 cm³/mol. The van der Waals surface area contributed by atoms with Gasteiger partial charge >= 0.3 is 0 Å². The minimum Gasteiger partial charge on any atom is -0.382 e. The van der Waals surface area contributed by atoms with Gasteiger partial charge in [0.25, 0.3) is 0 Å². The Morgan fingerprint density at radius 1 is 1.50 bits per heavy atom. The Hall–Kier alpha value is -1.10. The van der Waals surface area contributed by atoms with Crippen molar-refractivity contribution in [2.75, 3.05) is 23.7 Å². The molecule has 5 heteroatoms. The van der Waals surface area contributed by atoms with E-state index in [1.807, 2.05) is 0 Å². The van der Waals surface area contributed by atoms with Crippen LogP contribution in [0.4, 0.5) is 10.9 Å². The average molecular weight is 211 g/mol. The molecule has 2 rings (SSSR count). The summed E-state index contributed by atoms with van der Waals surface area (Å²) in [7, 11) is 0. The molecule has 4 nitrogen and oxygen atoms in total. The number of Topliss-reactive ketones (excluding diaryl/α,β-unsaturated/α-hetero) is 1. The van der Waals surface area contributed by atoms with E-state index in [-0.39, 0.29) is 5.78 Å². The highest BCUT2D eigenvalue weighted by molar-refractivity contribution is 7.18. The largest absolute Gasteiger partial charge is 0.382 e. The van der Waals surface area contributed by atoms with Crippen LogP contribution in [0.1, 0.15) is 29.4 Å². The molecule has 0 aromatic carbocycles. The quantitative estimate of drug-likeness (QED) is 0.754. The molecule has 1 fully saturated rings. The lowest BCUT2D eigenvalue weighted by Crippen LogP contribution is -2.17. The van der Waals surface area contributed by atoms with Gasteiger partial charge in [-0.3, -0.25) is 4.79 Å². The second-order valence-electron chi connectivity index (χ2n) is 3.46. The van der Waals surface area contributed by atoms with Crippen LogP contribution in [0.3, 0.4) is 0 Å². The lowest BCUT2D eigenvalue weighted by molar-refractivity contribution is 0.102. The number of thiazole rings is 1. The third-order valence-electron chi connectivity index (χ3n) is 2.34. The summed E-state index contributed by atoms with van der Waals surface area (Å²) >= 11 is 1.41. The summed E-state index contributed by atoms with van der Waals surface area (Å²) < 4.78 is 0. The lowest BCUT2D eigenvalue weighted by atomic mass is 10.4. The number of hydrogen-bond donors (Lipinski definition) is 1. The van der Waals surface area contributed by atoms with Gasteiger partial charge in [-0.1, -0.05) is 11.3 Å². The van der Waals surface area contributed by atoms with E-state index in [4.69, 9.17) is 5.73 Å². The number of nitrogens with zero attached hydrogens (tertiary/aromatic N) is 2. The highest BCUT2D eigenvalue weighted by atomic mass is 32.1. The van der Waals surface area contributed by atoms with Gasteiger partial charge in [-0.2, -0.15) is 0 Å². The molecule has 0 atom stereocenters. The molecule has 0 unspecified atom stereocenters. The maximum atomic E-state index is 11.2. The number of anilines is 2. The molecule has 1 aromatic heterocycles. The molecule has 0 amide bonds. The van der Waals surface area contributed by atoms with Crippen molar-refractivity contribution in [1.82, 2.24) is 4.98 Å². The molecule has 0 aliphatic carbocycles. The number of carbonyl (C=O) groups excluding carboxylic acids is 1. The topological polar surface area (TPSA) is 59.2 Å². The molecule has 0 spiro atoms. The second-order valence-corrected chi connectivity index (χ2v) is 4.44. The van der Waals surface area contributed by atoms with Crippen LogP contribution >= 0.6 is 11.3 Å². The van der Waals surface area contributed by atoms with Crippen molar-refractivity contribution in [1.29, 1.82) is 0 Å². The van der Waals surface area contributed by atoms with Crippen molar-refractivity contribution in [2.24, 2.45) is 0 Å². The fourth-order valence-corrected chi connectivity index (χ4v) is 2.55. The third kappa shape index (κ3) is 1.59. The summed E-state index contributed by atoms with van der Waals surface area (Å²) in [5.41, 5.74) is 5.66. The van der Waals surface area contributed by atoms with Crippen LogP contribution in [0.25, 0.3) is 0 Å². The number of aromatic nitrogens is 1. The van der Waals surface area contributed by atoms with Gasteiger partial charge in [0.2, 0.25) is 0 Å². The molecule has 1 aliphatic rings. The van der Waals surface area contributed by atoms with Crippen LogP contribution in [0.2, 0.25) is 0 Å². The van der Waals surface area contributed by atoms with Crippen molar-refractivity contribution in [3.05, 3.63) is 4.88 Å². The van der Waals surface area contributed by atoms with Crippen LogP contribution in [0.15, 0.2) is 0 Å². The standard InChI is InChI=1S/C9H13N3OS/c1-6(13)7-8(10)11-9(14-7)12-4-2-3-5-12/h2-5,10H2,1H3. The normalized spacial score (nSPS) is 16.2. The Balaban J connectivity index is 2.27. The first-order valence-electron chi connectivity index (χ1n) is 4.70. The number of ketones is 1. The molecule has 14 heavy (non-hydrogen) atoms. The van der Waals surface area contributed by atoms with Crippen molar-refractivity contribution >= 4 is 28.1 Å². The number of hydrogen-bond acceptors (Lipinski definition) is 5. The Bertz CT molecular complexity index is 355. The smallest absolute Gasteiger partial charge is 0.188 e. The molecule has 2 N–H and O–H groups in total. The molecular weight excluding hydrogens is 198 g/mol. The van der Waals surface area contributed by atoms with Crippen LogP contribution < -0.4 is 10.6 Å². The fourth-order valence-electron chi connectivity index (χ4n) is 1.62. The second kappa shape index (κ2) is 3.57. The average Bonchev–Trinajstić information content (AvgIpc) is 2.70. The van der Waals surface area contributed by atoms with Gasteiger partial charge in [0.05, 0.1) is 0 Å². The summed E-state index contributed by atoms with van der Waals surface area (Å²) in [5, 5.41) is 0.894. The first-order valence-corrected chi connectivity index (χ1v) is 5.52. The molecule has 2 heterocycles. The zero-order valence-corrected chi connectivity index (χ0v) is 8.93. The van der Waals surface area contributed by atoms with Gasteiger partial charge in [-0.05, 0) is 12.8 Å². The number of rotatable bonds is 2. The van der Waals surface area contributed by atoms with Gasteiger partial charge in [-0.15, -0.1) is 0 Å². The van der Waals surface area contributed by atoms with E-state index in [2.05, 4.69) is 9.88 Å². The molecular formula is C9H13N3OS. The highest BCUT2D eigenvalue weighted by Gasteiger charge is 2.19. The van der Waals surface area contributed by atoms with E-state index in [1.54, 1.807) is 0 Å². The van der Waals surface area contributed by atoms with Crippen LogP contribution in [-0.2, 0) is 0 Å². The van der Waals surface area contributed by atoms with E-state index >= 15 is 0 Å². The van der Waals surface area contributed by atoms with E-state index in [1.165, 1.54) is 31.1 Å². The molecule has 0 bridgehead atoms. The van der Waals surface area contributed by atoms with Gasteiger partial charge in [0.1, 0.15) is 10.7 Å². The Labute approximate surface area is 86.7 Å². The highest BCUT2D eigenvalue weighted by Crippen LogP contribution is 2.30. The number of nitrogen functional groups attached to an aromatic ring is 1. The summed E-state index contributed by atoms with van der Waals surface area (Å²) in [6.07, 6.45) is 2.41. The molecule has 0 radical (unpaired) electrons. The van der Waals surface area contributed by atoms with Crippen molar-refractivity contribution < 1.29 is 4.79 Å². The van der Waals surface area contributed by atoms with E-state index in [9.17, 15) is 4.79 Å².